The standard InChI is InChI=1S/C17H19N3O5S/c1-2-5-20-6-3-4-12(20)11-19-17(21)14-9-13(26(18,22)23)10-15-16(14)25-8-7-24-15/h2-4,6,9-10H,1,5,7-8,11H2,(H,19,21)(H2,18,22,23). The van der Waals surface area contributed by atoms with Crippen LogP contribution in [0.25, 0.3) is 0 Å². The first-order valence-corrected chi connectivity index (χ1v) is 9.44. The van der Waals surface area contributed by atoms with Crippen molar-refractivity contribution in [3.63, 3.8) is 0 Å². The lowest BCUT2D eigenvalue weighted by Gasteiger charge is -2.21. The van der Waals surface area contributed by atoms with Crippen LogP contribution in [0.2, 0.25) is 0 Å². The number of fused-ring (bicyclic) bond motifs is 1. The Morgan fingerprint density at radius 1 is 1.35 bits per heavy atom. The molecule has 2 heterocycles. The normalized spacial score (nSPS) is 13.3. The fourth-order valence-corrected chi connectivity index (χ4v) is 3.21. The van der Waals surface area contributed by atoms with E-state index < -0.39 is 15.9 Å². The summed E-state index contributed by atoms with van der Waals surface area (Å²) in [6, 6.07) is 6.20. The molecule has 3 rings (SSSR count). The molecular weight excluding hydrogens is 358 g/mol. The van der Waals surface area contributed by atoms with Gasteiger partial charge >= 0.3 is 0 Å². The predicted octanol–water partition coefficient (Wildman–Crippen LogP) is 1.02. The van der Waals surface area contributed by atoms with E-state index in [-0.39, 0.29) is 41.7 Å². The average molecular weight is 377 g/mol. The topological polar surface area (TPSA) is 113 Å². The lowest BCUT2D eigenvalue weighted by atomic mass is 10.1. The molecular formula is C17H19N3O5S. The summed E-state index contributed by atoms with van der Waals surface area (Å²) in [5.74, 6) is -0.0887. The number of sulfonamides is 1. The first-order valence-electron chi connectivity index (χ1n) is 7.89. The highest BCUT2D eigenvalue weighted by Crippen LogP contribution is 2.36. The van der Waals surface area contributed by atoms with Crippen LogP contribution in [-0.2, 0) is 23.1 Å². The maximum absolute atomic E-state index is 12.6. The molecule has 26 heavy (non-hydrogen) atoms. The van der Waals surface area contributed by atoms with E-state index in [0.29, 0.717) is 6.54 Å². The molecule has 0 saturated carbocycles. The van der Waals surface area contributed by atoms with Gasteiger partial charge in [-0.25, -0.2) is 13.6 Å². The van der Waals surface area contributed by atoms with E-state index in [1.807, 2.05) is 22.9 Å². The van der Waals surface area contributed by atoms with Crippen molar-refractivity contribution in [3.8, 4) is 11.5 Å². The van der Waals surface area contributed by atoms with Gasteiger partial charge < -0.3 is 19.4 Å². The Morgan fingerprint density at radius 3 is 2.85 bits per heavy atom. The number of benzene rings is 1. The van der Waals surface area contributed by atoms with Gasteiger partial charge in [-0.2, -0.15) is 0 Å². The second-order valence-electron chi connectivity index (χ2n) is 5.66. The maximum Gasteiger partial charge on any atom is 0.255 e. The second-order valence-corrected chi connectivity index (χ2v) is 7.22. The fourth-order valence-electron chi connectivity index (χ4n) is 2.65. The van der Waals surface area contributed by atoms with Crippen LogP contribution < -0.4 is 19.9 Å². The molecule has 1 amide bonds. The van der Waals surface area contributed by atoms with Crippen LogP contribution in [0.1, 0.15) is 16.1 Å². The van der Waals surface area contributed by atoms with Gasteiger partial charge in [0.2, 0.25) is 10.0 Å². The largest absolute Gasteiger partial charge is 0.486 e. The second kappa shape index (κ2) is 7.22. The van der Waals surface area contributed by atoms with Crippen molar-refractivity contribution in [2.75, 3.05) is 13.2 Å². The van der Waals surface area contributed by atoms with Gasteiger partial charge in [0, 0.05) is 24.5 Å². The lowest BCUT2D eigenvalue weighted by Crippen LogP contribution is -2.27. The highest BCUT2D eigenvalue weighted by Gasteiger charge is 2.25. The summed E-state index contributed by atoms with van der Waals surface area (Å²) >= 11 is 0. The van der Waals surface area contributed by atoms with Gasteiger partial charge in [0.05, 0.1) is 17.0 Å². The Bertz CT molecular complexity index is 949. The van der Waals surface area contributed by atoms with E-state index in [2.05, 4.69) is 11.9 Å². The van der Waals surface area contributed by atoms with E-state index in [9.17, 15) is 13.2 Å². The third-order valence-electron chi connectivity index (χ3n) is 3.87. The minimum atomic E-state index is -4.00. The van der Waals surface area contributed by atoms with Crippen LogP contribution in [0, 0.1) is 0 Å². The van der Waals surface area contributed by atoms with Crippen LogP contribution >= 0.6 is 0 Å². The molecule has 0 atom stereocenters. The summed E-state index contributed by atoms with van der Waals surface area (Å²) in [7, 11) is -4.00. The quantitative estimate of drug-likeness (QED) is 0.730. The van der Waals surface area contributed by atoms with Crippen LogP contribution in [0.15, 0.2) is 48.0 Å². The van der Waals surface area contributed by atoms with E-state index in [1.165, 1.54) is 12.1 Å². The molecule has 9 heteroatoms. The van der Waals surface area contributed by atoms with Crippen LogP contribution in [0.3, 0.4) is 0 Å². The molecule has 2 aromatic rings. The summed E-state index contributed by atoms with van der Waals surface area (Å²) in [6.45, 7) is 5.10. The number of primary sulfonamides is 1. The lowest BCUT2D eigenvalue weighted by molar-refractivity contribution is 0.0938. The Morgan fingerprint density at radius 2 is 2.12 bits per heavy atom. The molecule has 3 N–H and O–H groups in total. The first kappa shape index (κ1) is 18.0. The highest BCUT2D eigenvalue weighted by molar-refractivity contribution is 7.89. The summed E-state index contributed by atoms with van der Waals surface area (Å²) < 4.78 is 36.2. The molecule has 8 nitrogen and oxygen atoms in total. The number of hydrogen-bond acceptors (Lipinski definition) is 5. The van der Waals surface area contributed by atoms with E-state index in [4.69, 9.17) is 14.6 Å². The van der Waals surface area contributed by atoms with Gasteiger partial charge in [0.15, 0.2) is 11.5 Å². The van der Waals surface area contributed by atoms with Gasteiger partial charge in [0.1, 0.15) is 13.2 Å². The number of carbonyl (C=O) groups is 1. The van der Waals surface area contributed by atoms with Crippen molar-refractivity contribution < 1.29 is 22.7 Å². The van der Waals surface area contributed by atoms with Crippen molar-refractivity contribution in [2.24, 2.45) is 5.14 Å². The maximum atomic E-state index is 12.6. The Hall–Kier alpha value is -2.78. The van der Waals surface area contributed by atoms with Crippen molar-refractivity contribution in [2.45, 2.75) is 18.0 Å². The van der Waals surface area contributed by atoms with Gasteiger partial charge in [0.25, 0.3) is 5.91 Å². The van der Waals surface area contributed by atoms with E-state index in [1.54, 1.807) is 6.08 Å². The molecule has 1 aromatic carbocycles. The van der Waals surface area contributed by atoms with Crippen LogP contribution in [-0.4, -0.2) is 32.1 Å². The van der Waals surface area contributed by atoms with Crippen LogP contribution in [0.4, 0.5) is 0 Å². The summed E-state index contributed by atoms with van der Waals surface area (Å²) in [5, 5.41) is 7.96. The molecule has 0 aliphatic carbocycles. The third kappa shape index (κ3) is 3.73. The SMILES string of the molecule is C=CCn1cccc1CNC(=O)c1cc(S(N)(=O)=O)cc2c1OCCO2. The van der Waals surface area contributed by atoms with E-state index in [0.717, 1.165) is 5.69 Å². The van der Waals surface area contributed by atoms with Crippen molar-refractivity contribution in [1.29, 1.82) is 0 Å². The summed E-state index contributed by atoms with van der Waals surface area (Å²) in [6.07, 6.45) is 3.63. The zero-order chi connectivity index (χ0) is 18.7. The fraction of sp³-hybridized carbons (Fsp3) is 0.235. The molecule has 0 fully saturated rings. The molecule has 0 spiro atoms. The van der Waals surface area contributed by atoms with Crippen LogP contribution in [0.5, 0.6) is 11.5 Å². The number of hydrogen-bond donors (Lipinski definition) is 2. The van der Waals surface area contributed by atoms with E-state index >= 15 is 0 Å². The zero-order valence-corrected chi connectivity index (χ0v) is 14.8. The van der Waals surface area contributed by atoms with Crippen molar-refractivity contribution in [3.05, 3.63) is 54.4 Å². The monoisotopic (exact) mass is 377 g/mol. The number of carbonyl (C=O) groups excluding carboxylic acids is 1. The van der Waals surface area contributed by atoms with Crippen molar-refractivity contribution >= 4 is 15.9 Å². The number of amides is 1. The number of aromatic nitrogens is 1. The number of allylic oxidation sites excluding steroid dienone is 1. The molecule has 0 unspecified atom stereocenters. The smallest absolute Gasteiger partial charge is 0.255 e. The molecule has 1 aliphatic heterocycles. The number of ether oxygens (including phenoxy) is 2. The predicted molar refractivity (Wildman–Crippen MR) is 94.6 cm³/mol. The molecule has 1 aliphatic rings. The zero-order valence-electron chi connectivity index (χ0n) is 14.0. The van der Waals surface area contributed by atoms with Gasteiger partial charge in [-0.1, -0.05) is 6.08 Å². The molecule has 1 aromatic heterocycles. The molecule has 0 bridgehead atoms. The number of nitrogens with two attached hydrogens (primary N) is 1. The molecule has 0 saturated heterocycles. The van der Waals surface area contributed by atoms with Gasteiger partial charge in [-0.3, -0.25) is 4.79 Å². The number of rotatable bonds is 6. The average Bonchev–Trinajstić information content (AvgIpc) is 3.05. The van der Waals surface area contributed by atoms with Gasteiger partial charge in [-0.15, -0.1) is 6.58 Å². The van der Waals surface area contributed by atoms with Crippen molar-refractivity contribution in [1.82, 2.24) is 9.88 Å². The molecule has 138 valence electrons. The highest BCUT2D eigenvalue weighted by atomic mass is 32.2. The minimum absolute atomic E-state index is 0.0630. The molecule has 0 radical (unpaired) electrons. The first-order chi connectivity index (χ1) is 12.4. The minimum Gasteiger partial charge on any atom is -0.486 e. The Kier molecular flexibility index (Phi) is 5.01. The Balaban J connectivity index is 1.88. The third-order valence-corrected chi connectivity index (χ3v) is 4.76. The summed E-state index contributed by atoms with van der Waals surface area (Å²) in [4.78, 5) is 12.4. The summed E-state index contributed by atoms with van der Waals surface area (Å²) in [5.41, 5.74) is 0.944. The number of nitrogens with zero attached hydrogens (tertiary/aromatic N) is 1. The van der Waals surface area contributed by atoms with Gasteiger partial charge in [-0.05, 0) is 18.2 Å². The number of nitrogens with one attached hydrogen (secondary N) is 1. The Labute approximate surface area is 151 Å².